The van der Waals surface area contributed by atoms with E-state index in [1.165, 1.54) is 13.2 Å². The number of methoxy groups -OCH3 is 1. The monoisotopic (exact) mass is 222 g/mol. The van der Waals surface area contributed by atoms with E-state index in [4.69, 9.17) is 10.5 Å². The van der Waals surface area contributed by atoms with E-state index in [0.717, 1.165) is 4.90 Å². The van der Waals surface area contributed by atoms with Crippen LogP contribution in [0.1, 0.15) is 0 Å². The summed E-state index contributed by atoms with van der Waals surface area (Å²) in [7, 11) is 1.21. The van der Waals surface area contributed by atoms with Crippen LogP contribution in [0.4, 0.5) is 16.2 Å². The van der Waals surface area contributed by atoms with E-state index in [9.17, 15) is 9.59 Å². The van der Waals surface area contributed by atoms with Crippen LogP contribution in [-0.4, -0.2) is 25.7 Å². The fraction of sp³-hybridized carbons (Fsp3) is 0.200. The molecule has 1 aromatic carbocycles. The Labute approximate surface area is 91.5 Å². The lowest BCUT2D eigenvalue weighted by atomic mass is 10.2. The molecule has 1 aromatic rings. The smallest absolute Gasteiger partial charge is 0.421 e. The van der Waals surface area contributed by atoms with Gasteiger partial charge < -0.3 is 15.2 Å². The average Bonchev–Trinajstić information content (AvgIpc) is 2.28. The zero-order valence-electron chi connectivity index (χ0n) is 8.60. The molecular weight excluding hydrogens is 212 g/mol. The topological polar surface area (TPSA) is 81.9 Å². The van der Waals surface area contributed by atoms with Crippen molar-refractivity contribution in [3.8, 4) is 5.75 Å². The molecule has 0 saturated carbocycles. The van der Waals surface area contributed by atoms with E-state index >= 15 is 0 Å². The number of benzene rings is 1. The van der Waals surface area contributed by atoms with Gasteiger partial charge in [0.05, 0.1) is 12.8 Å². The third-order valence-corrected chi connectivity index (χ3v) is 2.18. The summed E-state index contributed by atoms with van der Waals surface area (Å²) >= 11 is 0. The fourth-order valence-electron chi connectivity index (χ4n) is 1.46. The van der Waals surface area contributed by atoms with Gasteiger partial charge in [-0.3, -0.25) is 4.79 Å². The minimum absolute atomic E-state index is 0.188. The molecule has 0 aromatic heterocycles. The van der Waals surface area contributed by atoms with Crippen molar-refractivity contribution in [3.63, 3.8) is 0 Å². The predicted molar refractivity (Wildman–Crippen MR) is 56.2 cm³/mol. The van der Waals surface area contributed by atoms with Crippen LogP contribution in [0.2, 0.25) is 0 Å². The Hall–Kier alpha value is -2.24. The van der Waals surface area contributed by atoms with Crippen molar-refractivity contribution in [2.75, 3.05) is 24.4 Å². The number of nitrogen functional groups attached to an aromatic ring is 1. The van der Waals surface area contributed by atoms with Gasteiger partial charge in [0.1, 0.15) is 5.75 Å². The molecule has 2 rings (SSSR count). The van der Waals surface area contributed by atoms with Crippen LogP contribution in [-0.2, 0) is 9.53 Å². The van der Waals surface area contributed by atoms with Crippen molar-refractivity contribution in [1.29, 1.82) is 0 Å². The summed E-state index contributed by atoms with van der Waals surface area (Å²) in [6.07, 6.45) is -0.750. The number of imide groups is 1. The zero-order chi connectivity index (χ0) is 11.7. The summed E-state index contributed by atoms with van der Waals surface area (Å²) in [6.45, 7) is -0.188. The molecule has 84 valence electrons. The molecule has 2 N–H and O–H groups in total. The first-order valence-electron chi connectivity index (χ1n) is 4.56. The summed E-state index contributed by atoms with van der Waals surface area (Å²) in [4.78, 5) is 23.9. The van der Waals surface area contributed by atoms with Crippen LogP contribution in [0.25, 0.3) is 0 Å². The molecule has 0 unspecified atom stereocenters. The standard InChI is InChI=1S/C10H10N2O4/c1-15-10(14)12-7-4-6(11)2-3-8(7)16-5-9(12)13/h2-4H,5,11H2,1H3. The molecule has 6 nitrogen and oxygen atoms in total. The zero-order valence-corrected chi connectivity index (χ0v) is 8.60. The lowest BCUT2D eigenvalue weighted by Crippen LogP contribution is -2.43. The number of rotatable bonds is 0. The van der Waals surface area contributed by atoms with E-state index in [0.29, 0.717) is 17.1 Å². The first-order chi connectivity index (χ1) is 7.63. The first kappa shape index (κ1) is 10.3. The molecular formula is C10H10N2O4. The van der Waals surface area contributed by atoms with Crippen molar-refractivity contribution < 1.29 is 19.1 Å². The molecule has 0 aliphatic carbocycles. The van der Waals surface area contributed by atoms with Gasteiger partial charge in [-0.1, -0.05) is 0 Å². The number of fused-ring (bicyclic) bond motifs is 1. The van der Waals surface area contributed by atoms with Crippen LogP contribution < -0.4 is 15.4 Å². The highest BCUT2D eigenvalue weighted by Crippen LogP contribution is 2.33. The van der Waals surface area contributed by atoms with Gasteiger partial charge in [-0.15, -0.1) is 0 Å². The Kier molecular flexibility index (Phi) is 2.40. The number of hydrogen-bond donors (Lipinski definition) is 1. The number of hydrogen-bond acceptors (Lipinski definition) is 5. The molecule has 0 atom stereocenters. The molecule has 16 heavy (non-hydrogen) atoms. The summed E-state index contributed by atoms with van der Waals surface area (Å²) in [5, 5.41) is 0. The van der Waals surface area contributed by atoms with E-state index in [2.05, 4.69) is 4.74 Å². The summed E-state index contributed by atoms with van der Waals surface area (Å²) in [5.41, 5.74) is 6.33. The largest absolute Gasteiger partial charge is 0.482 e. The first-order valence-corrected chi connectivity index (χ1v) is 4.56. The maximum absolute atomic E-state index is 11.5. The summed E-state index contributed by atoms with van der Waals surface area (Å²) in [5.74, 6) is -0.0517. The highest BCUT2D eigenvalue weighted by Gasteiger charge is 2.31. The Morgan fingerprint density at radius 3 is 3.00 bits per heavy atom. The van der Waals surface area contributed by atoms with Gasteiger partial charge in [0.15, 0.2) is 6.61 Å². The van der Waals surface area contributed by atoms with Gasteiger partial charge in [-0.05, 0) is 18.2 Å². The molecule has 0 spiro atoms. The molecule has 1 heterocycles. The lowest BCUT2D eigenvalue weighted by Gasteiger charge is -2.26. The van der Waals surface area contributed by atoms with Gasteiger partial charge in [0.25, 0.3) is 5.91 Å². The van der Waals surface area contributed by atoms with E-state index < -0.39 is 12.0 Å². The van der Waals surface area contributed by atoms with Crippen molar-refractivity contribution in [2.24, 2.45) is 0 Å². The van der Waals surface area contributed by atoms with Crippen molar-refractivity contribution in [2.45, 2.75) is 0 Å². The number of nitrogens with zero attached hydrogens (tertiary/aromatic N) is 1. The summed E-state index contributed by atoms with van der Waals surface area (Å²) < 4.78 is 9.69. The van der Waals surface area contributed by atoms with Gasteiger partial charge in [-0.25, -0.2) is 9.69 Å². The van der Waals surface area contributed by atoms with Crippen molar-refractivity contribution in [1.82, 2.24) is 0 Å². The Balaban J connectivity index is 2.50. The van der Waals surface area contributed by atoms with Gasteiger partial charge in [-0.2, -0.15) is 0 Å². The Morgan fingerprint density at radius 2 is 2.31 bits per heavy atom. The fourth-order valence-corrected chi connectivity index (χ4v) is 1.46. The highest BCUT2D eigenvalue weighted by molar-refractivity contribution is 6.15. The number of nitrogens with two attached hydrogens (primary N) is 1. The van der Waals surface area contributed by atoms with Gasteiger partial charge in [0, 0.05) is 5.69 Å². The number of anilines is 2. The van der Waals surface area contributed by atoms with Crippen LogP contribution >= 0.6 is 0 Å². The molecule has 6 heteroatoms. The lowest BCUT2D eigenvalue weighted by molar-refractivity contribution is -0.120. The number of ether oxygens (including phenoxy) is 2. The van der Waals surface area contributed by atoms with E-state index in [1.807, 2.05) is 0 Å². The SMILES string of the molecule is COC(=O)N1C(=O)COc2ccc(N)cc21. The van der Waals surface area contributed by atoms with Crippen molar-refractivity contribution >= 4 is 23.4 Å². The number of amides is 2. The predicted octanol–water partition coefficient (Wildman–Crippen LogP) is 0.761. The Bertz CT molecular complexity index is 458. The van der Waals surface area contributed by atoms with Crippen LogP contribution in [0, 0.1) is 0 Å². The normalized spacial score (nSPS) is 14.1. The van der Waals surface area contributed by atoms with Crippen LogP contribution in [0.5, 0.6) is 5.75 Å². The van der Waals surface area contributed by atoms with E-state index in [1.54, 1.807) is 12.1 Å². The number of carbonyl (C=O) groups excluding carboxylic acids is 2. The quantitative estimate of drug-likeness (QED) is 0.655. The maximum Gasteiger partial charge on any atom is 0.421 e. The minimum Gasteiger partial charge on any atom is -0.482 e. The molecule has 0 bridgehead atoms. The summed E-state index contributed by atoms with van der Waals surface area (Å²) in [6, 6.07) is 4.72. The van der Waals surface area contributed by atoms with Gasteiger partial charge >= 0.3 is 6.09 Å². The minimum atomic E-state index is -0.750. The molecule has 0 radical (unpaired) electrons. The second-order valence-electron chi connectivity index (χ2n) is 3.22. The second kappa shape index (κ2) is 3.73. The van der Waals surface area contributed by atoms with Crippen LogP contribution in [0.3, 0.4) is 0 Å². The molecule has 0 saturated heterocycles. The van der Waals surface area contributed by atoms with E-state index in [-0.39, 0.29) is 6.61 Å². The van der Waals surface area contributed by atoms with Gasteiger partial charge in [0.2, 0.25) is 0 Å². The second-order valence-corrected chi connectivity index (χ2v) is 3.22. The number of carbonyl (C=O) groups is 2. The molecule has 2 amide bonds. The average molecular weight is 222 g/mol. The Morgan fingerprint density at radius 1 is 1.56 bits per heavy atom. The molecule has 1 aliphatic heterocycles. The maximum atomic E-state index is 11.5. The third-order valence-electron chi connectivity index (χ3n) is 2.18. The third kappa shape index (κ3) is 1.54. The molecule has 0 fully saturated rings. The van der Waals surface area contributed by atoms with Crippen LogP contribution in [0.15, 0.2) is 18.2 Å². The van der Waals surface area contributed by atoms with Crippen molar-refractivity contribution in [3.05, 3.63) is 18.2 Å². The highest BCUT2D eigenvalue weighted by atomic mass is 16.5. The molecule has 1 aliphatic rings.